The number of hydrogen-bond acceptors (Lipinski definition) is 6. The lowest BCUT2D eigenvalue weighted by Crippen LogP contribution is -2.49. The van der Waals surface area contributed by atoms with E-state index in [1.165, 1.54) is 0 Å². The topological polar surface area (TPSA) is 94.5 Å². The molecule has 0 amide bonds. The maximum absolute atomic E-state index is 11.3. The maximum Gasteiger partial charge on any atom is 0.314 e. The van der Waals surface area contributed by atoms with Gasteiger partial charge in [-0.2, -0.15) is 0 Å². The van der Waals surface area contributed by atoms with E-state index in [4.69, 9.17) is 10.5 Å². The van der Waals surface area contributed by atoms with Gasteiger partial charge in [0.25, 0.3) is 0 Å². The predicted molar refractivity (Wildman–Crippen MR) is 75.8 cm³/mol. The first kappa shape index (κ1) is 14.7. The first-order chi connectivity index (χ1) is 9.58. The van der Waals surface area contributed by atoms with E-state index in [0.29, 0.717) is 24.5 Å². The van der Waals surface area contributed by atoms with Gasteiger partial charge in [-0.15, -0.1) is 0 Å². The summed E-state index contributed by atoms with van der Waals surface area (Å²) >= 11 is 0. The molecule has 2 heterocycles. The van der Waals surface area contributed by atoms with E-state index in [0.717, 1.165) is 12.8 Å². The van der Waals surface area contributed by atoms with Gasteiger partial charge in [-0.3, -0.25) is 10.1 Å². The molecule has 7 heteroatoms. The fraction of sp³-hybridized carbons (Fsp3) is 0.615. The van der Waals surface area contributed by atoms with Gasteiger partial charge in [0.05, 0.1) is 11.0 Å². The molecular weight excluding hydrogens is 260 g/mol. The van der Waals surface area contributed by atoms with Crippen LogP contribution in [-0.2, 0) is 4.74 Å². The van der Waals surface area contributed by atoms with Crippen molar-refractivity contribution in [3.63, 3.8) is 0 Å². The van der Waals surface area contributed by atoms with Gasteiger partial charge in [0.1, 0.15) is 0 Å². The number of hydrogen-bond donors (Lipinski definition) is 1. The van der Waals surface area contributed by atoms with Crippen molar-refractivity contribution in [1.82, 2.24) is 4.98 Å². The van der Waals surface area contributed by atoms with Crippen LogP contribution in [0.25, 0.3) is 0 Å². The highest BCUT2D eigenvalue weighted by Crippen LogP contribution is 2.33. The molecule has 7 nitrogen and oxygen atoms in total. The molecule has 1 aromatic heterocycles. The van der Waals surface area contributed by atoms with Crippen LogP contribution in [0, 0.1) is 17.0 Å². The van der Waals surface area contributed by atoms with Crippen molar-refractivity contribution in [2.24, 2.45) is 5.73 Å². The predicted octanol–water partition coefficient (Wildman–Crippen LogP) is 1.24. The molecule has 110 valence electrons. The Morgan fingerprint density at radius 2 is 2.40 bits per heavy atom. The Bertz CT molecular complexity index is 495. The molecule has 0 spiro atoms. The Labute approximate surface area is 117 Å². The number of aromatic nitrogens is 1. The lowest BCUT2D eigenvalue weighted by molar-refractivity contribution is -0.385. The standard InChI is InChI=1S/C13H20N4O3/c1-9-3-5-15-13(12(9)17(18)19)16-6-4-11(20-2)7-10(16)8-14/h3,5,10-11H,4,6-8,14H2,1-2H3. The summed E-state index contributed by atoms with van der Waals surface area (Å²) in [7, 11) is 1.68. The van der Waals surface area contributed by atoms with Crippen molar-refractivity contribution < 1.29 is 9.66 Å². The van der Waals surface area contributed by atoms with Crippen molar-refractivity contribution in [3.8, 4) is 0 Å². The van der Waals surface area contributed by atoms with Gasteiger partial charge < -0.3 is 15.4 Å². The Kier molecular flexibility index (Phi) is 4.51. The highest BCUT2D eigenvalue weighted by molar-refractivity contribution is 5.62. The lowest BCUT2D eigenvalue weighted by atomic mass is 9.99. The molecule has 2 rings (SSSR count). The van der Waals surface area contributed by atoms with E-state index in [1.807, 2.05) is 4.90 Å². The molecule has 0 bridgehead atoms. The zero-order valence-electron chi connectivity index (χ0n) is 11.8. The minimum Gasteiger partial charge on any atom is -0.381 e. The van der Waals surface area contributed by atoms with Crippen molar-refractivity contribution >= 4 is 11.5 Å². The zero-order chi connectivity index (χ0) is 14.7. The zero-order valence-corrected chi connectivity index (χ0v) is 11.8. The molecule has 0 aromatic carbocycles. The number of anilines is 1. The monoisotopic (exact) mass is 280 g/mol. The van der Waals surface area contributed by atoms with Crippen LogP contribution < -0.4 is 10.6 Å². The van der Waals surface area contributed by atoms with Crippen molar-refractivity contribution in [3.05, 3.63) is 27.9 Å². The van der Waals surface area contributed by atoms with E-state index < -0.39 is 0 Å². The number of piperidine rings is 1. The van der Waals surface area contributed by atoms with Gasteiger partial charge in [-0.05, 0) is 25.8 Å². The molecule has 1 aliphatic rings. The molecule has 1 aromatic rings. The first-order valence-electron chi connectivity index (χ1n) is 6.68. The van der Waals surface area contributed by atoms with Gasteiger partial charge >= 0.3 is 5.69 Å². The van der Waals surface area contributed by atoms with E-state index in [2.05, 4.69) is 4.98 Å². The normalized spacial score (nSPS) is 22.9. The first-order valence-corrected chi connectivity index (χ1v) is 6.68. The molecule has 1 aliphatic heterocycles. The number of nitrogens with two attached hydrogens (primary N) is 1. The quantitative estimate of drug-likeness (QED) is 0.658. The molecule has 1 saturated heterocycles. The van der Waals surface area contributed by atoms with Crippen molar-refractivity contribution in [2.75, 3.05) is 25.1 Å². The van der Waals surface area contributed by atoms with Gasteiger partial charge in [-0.25, -0.2) is 4.98 Å². The highest BCUT2D eigenvalue weighted by Gasteiger charge is 2.33. The lowest BCUT2D eigenvalue weighted by Gasteiger charge is -2.38. The van der Waals surface area contributed by atoms with Gasteiger partial charge in [0, 0.05) is 38.0 Å². The number of nitrogens with zero attached hydrogens (tertiary/aromatic N) is 3. The van der Waals surface area contributed by atoms with Crippen LogP contribution in [0.5, 0.6) is 0 Å². The number of ether oxygens (including phenoxy) is 1. The summed E-state index contributed by atoms with van der Waals surface area (Å²) in [6.45, 7) is 2.81. The third-order valence-electron chi connectivity index (χ3n) is 3.83. The Hall–Kier alpha value is -1.73. The number of aryl methyl sites for hydroxylation is 1. The van der Waals surface area contributed by atoms with Crippen LogP contribution in [0.3, 0.4) is 0 Å². The molecule has 2 N–H and O–H groups in total. The number of rotatable bonds is 4. The highest BCUT2D eigenvalue weighted by atomic mass is 16.6. The summed E-state index contributed by atoms with van der Waals surface area (Å²) in [6.07, 6.45) is 3.34. The summed E-state index contributed by atoms with van der Waals surface area (Å²) in [4.78, 5) is 17.1. The van der Waals surface area contributed by atoms with Crippen LogP contribution in [0.2, 0.25) is 0 Å². The smallest absolute Gasteiger partial charge is 0.314 e. The second kappa shape index (κ2) is 6.15. The average Bonchev–Trinajstić information content (AvgIpc) is 2.45. The van der Waals surface area contributed by atoms with E-state index in [1.54, 1.807) is 26.3 Å². The van der Waals surface area contributed by atoms with Crippen LogP contribution in [0.4, 0.5) is 11.5 Å². The molecular formula is C13H20N4O3. The van der Waals surface area contributed by atoms with Gasteiger partial charge in [-0.1, -0.05) is 0 Å². The molecule has 2 unspecified atom stereocenters. The second-order valence-corrected chi connectivity index (χ2v) is 5.02. The Morgan fingerprint density at radius 3 is 3.00 bits per heavy atom. The van der Waals surface area contributed by atoms with Crippen molar-refractivity contribution in [2.45, 2.75) is 31.9 Å². The molecule has 0 saturated carbocycles. The number of nitro groups is 1. The minimum atomic E-state index is -0.367. The Morgan fingerprint density at radius 1 is 1.65 bits per heavy atom. The van der Waals surface area contributed by atoms with Crippen LogP contribution in [-0.4, -0.2) is 42.3 Å². The average molecular weight is 280 g/mol. The fourth-order valence-electron chi connectivity index (χ4n) is 2.70. The van der Waals surface area contributed by atoms with Crippen LogP contribution >= 0.6 is 0 Å². The summed E-state index contributed by atoms with van der Waals surface area (Å²) in [5.41, 5.74) is 6.50. The molecule has 1 fully saturated rings. The number of methoxy groups -OCH3 is 1. The molecule has 20 heavy (non-hydrogen) atoms. The van der Waals surface area contributed by atoms with E-state index >= 15 is 0 Å². The van der Waals surface area contributed by atoms with Gasteiger partial charge in [0.2, 0.25) is 5.82 Å². The van der Waals surface area contributed by atoms with Gasteiger partial charge in [0.15, 0.2) is 0 Å². The van der Waals surface area contributed by atoms with E-state index in [-0.39, 0.29) is 22.8 Å². The van der Waals surface area contributed by atoms with E-state index in [9.17, 15) is 10.1 Å². The number of pyridine rings is 1. The fourth-order valence-corrected chi connectivity index (χ4v) is 2.70. The minimum absolute atomic E-state index is 0.0155. The van der Waals surface area contributed by atoms with Crippen LogP contribution in [0.15, 0.2) is 12.3 Å². The third-order valence-corrected chi connectivity index (χ3v) is 3.83. The van der Waals surface area contributed by atoms with Crippen molar-refractivity contribution in [1.29, 1.82) is 0 Å². The second-order valence-electron chi connectivity index (χ2n) is 5.02. The SMILES string of the molecule is COC1CCN(c2nccc(C)c2[N+](=O)[O-])C(CN)C1. The summed E-state index contributed by atoms with van der Waals surface area (Å²) in [5.74, 6) is 0.417. The largest absolute Gasteiger partial charge is 0.381 e. The summed E-state index contributed by atoms with van der Waals surface area (Å²) in [5, 5.41) is 11.3. The maximum atomic E-state index is 11.3. The third kappa shape index (κ3) is 2.73. The summed E-state index contributed by atoms with van der Waals surface area (Å²) in [6, 6.07) is 1.67. The van der Waals surface area contributed by atoms with Crippen LogP contribution in [0.1, 0.15) is 18.4 Å². The molecule has 0 aliphatic carbocycles. The molecule has 2 atom stereocenters. The molecule has 0 radical (unpaired) electrons. The Balaban J connectivity index is 2.35. The summed E-state index contributed by atoms with van der Waals surface area (Å²) < 4.78 is 5.37.